The maximum atomic E-state index is 13.5. The van der Waals surface area contributed by atoms with E-state index in [0.717, 1.165) is 47.5 Å². The topological polar surface area (TPSA) is 99.6 Å². The van der Waals surface area contributed by atoms with Crippen LogP contribution < -0.4 is 10.2 Å². The zero-order valence-corrected chi connectivity index (χ0v) is 21.6. The first-order valence-corrected chi connectivity index (χ1v) is 13.4. The molecule has 1 aliphatic rings. The Hall–Kier alpha value is -3.04. The summed E-state index contributed by atoms with van der Waals surface area (Å²) in [6, 6.07) is 8.89. The molecule has 0 saturated heterocycles. The molecule has 184 valence electrons. The standard InChI is InChI=1S/C26H29N3O4S2/c1-15(2)29(25(31)18-6-4-16(3)5-7-18)20-12-21(35-23(20)26(32)33)17-8-10-19(11-9-17)28-24(30)22-13-27-14-34-22/h8-16,18H,4-7H2,1-3H3,(H,28,30)(H,32,33). The summed E-state index contributed by atoms with van der Waals surface area (Å²) in [5, 5.41) is 12.8. The number of carboxylic acid groups (broad SMARTS) is 1. The first-order chi connectivity index (χ1) is 16.7. The Kier molecular flexibility index (Phi) is 7.66. The van der Waals surface area contributed by atoms with Crippen LogP contribution >= 0.6 is 22.7 Å². The molecular formula is C26H29N3O4S2. The highest BCUT2D eigenvalue weighted by Gasteiger charge is 2.33. The van der Waals surface area contributed by atoms with Gasteiger partial charge in [-0.25, -0.2) is 4.79 Å². The predicted octanol–water partition coefficient (Wildman–Crippen LogP) is 6.39. The fourth-order valence-corrected chi connectivity index (χ4v) is 5.96. The second-order valence-corrected chi connectivity index (χ2v) is 11.2. The lowest BCUT2D eigenvalue weighted by Gasteiger charge is -2.33. The van der Waals surface area contributed by atoms with Crippen molar-refractivity contribution in [1.82, 2.24) is 4.98 Å². The monoisotopic (exact) mass is 511 g/mol. The maximum Gasteiger partial charge on any atom is 0.348 e. The summed E-state index contributed by atoms with van der Waals surface area (Å²) in [5.74, 6) is -0.695. The second-order valence-electron chi connectivity index (χ2n) is 9.29. The molecule has 2 amide bonds. The highest BCUT2D eigenvalue weighted by Crippen LogP contribution is 2.40. The minimum atomic E-state index is -1.04. The fourth-order valence-electron chi connectivity index (χ4n) is 4.45. The molecule has 0 atom stereocenters. The quantitative estimate of drug-likeness (QED) is 0.383. The zero-order valence-electron chi connectivity index (χ0n) is 20.0. The summed E-state index contributed by atoms with van der Waals surface area (Å²) >= 11 is 2.43. The molecule has 4 rings (SSSR count). The van der Waals surface area contributed by atoms with E-state index < -0.39 is 5.97 Å². The summed E-state index contributed by atoms with van der Waals surface area (Å²) < 4.78 is 0. The molecule has 1 fully saturated rings. The average Bonchev–Trinajstić information content (AvgIpc) is 3.51. The van der Waals surface area contributed by atoms with E-state index in [2.05, 4.69) is 17.2 Å². The fraction of sp³-hybridized carbons (Fsp3) is 0.385. The number of carboxylic acids is 1. The molecule has 1 aliphatic carbocycles. The SMILES string of the molecule is CC1CCC(C(=O)N(c2cc(-c3ccc(NC(=O)c4cncs4)cc3)sc2C(=O)O)C(C)C)CC1. The average molecular weight is 512 g/mol. The first-order valence-electron chi connectivity index (χ1n) is 11.7. The van der Waals surface area contributed by atoms with Crippen LogP contribution in [0.1, 0.15) is 65.8 Å². The number of carbonyl (C=O) groups excluding carboxylic acids is 2. The number of aromatic nitrogens is 1. The predicted molar refractivity (Wildman–Crippen MR) is 141 cm³/mol. The maximum absolute atomic E-state index is 13.5. The number of thiophene rings is 1. The van der Waals surface area contributed by atoms with Crippen molar-refractivity contribution in [2.75, 3.05) is 10.2 Å². The number of nitrogens with one attached hydrogen (secondary N) is 1. The van der Waals surface area contributed by atoms with Crippen molar-refractivity contribution in [3.05, 3.63) is 51.8 Å². The van der Waals surface area contributed by atoms with Crippen molar-refractivity contribution in [2.24, 2.45) is 11.8 Å². The van der Waals surface area contributed by atoms with Crippen LogP contribution in [0.25, 0.3) is 10.4 Å². The van der Waals surface area contributed by atoms with Crippen LogP contribution in [0.5, 0.6) is 0 Å². The van der Waals surface area contributed by atoms with Gasteiger partial charge in [-0.1, -0.05) is 19.1 Å². The third-order valence-corrected chi connectivity index (χ3v) is 8.30. The van der Waals surface area contributed by atoms with Crippen LogP contribution in [0.2, 0.25) is 0 Å². The molecule has 2 aromatic heterocycles. The molecule has 35 heavy (non-hydrogen) atoms. The van der Waals surface area contributed by atoms with Gasteiger partial charge in [0.1, 0.15) is 9.75 Å². The van der Waals surface area contributed by atoms with Gasteiger partial charge in [0.05, 0.1) is 17.4 Å². The molecule has 2 heterocycles. The van der Waals surface area contributed by atoms with Gasteiger partial charge < -0.3 is 15.3 Å². The number of rotatable bonds is 7. The van der Waals surface area contributed by atoms with E-state index in [1.807, 2.05) is 32.0 Å². The Morgan fingerprint density at radius 3 is 2.37 bits per heavy atom. The number of benzene rings is 1. The summed E-state index contributed by atoms with van der Waals surface area (Å²) in [6.45, 7) is 6.06. The Bertz CT molecular complexity index is 1190. The van der Waals surface area contributed by atoms with Gasteiger partial charge in [-0.3, -0.25) is 14.6 Å². The summed E-state index contributed by atoms with van der Waals surface area (Å²) in [4.78, 5) is 44.9. The second kappa shape index (κ2) is 10.7. The lowest BCUT2D eigenvalue weighted by atomic mass is 9.82. The summed E-state index contributed by atoms with van der Waals surface area (Å²) in [5.41, 5.74) is 3.51. The largest absolute Gasteiger partial charge is 0.477 e. The lowest BCUT2D eigenvalue weighted by Crippen LogP contribution is -2.42. The van der Waals surface area contributed by atoms with Crippen LogP contribution in [-0.2, 0) is 4.79 Å². The van der Waals surface area contributed by atoms with Crippen molar-refractivity contribution < 1.29 is 19.5 Å². The number of hydrogen-bond acceptors (Lipinski definition) is 6. The Labute approximate surface area is 212 Å². The van der Waals surface area contributed by atoms with Gasteiger partial charge in [0.15, 0.2) is 0 Å². The van der Waals surface area contributed by atoms with E-state index in [0.29, 0.717) is 22.2 Å². The van der Waals surface area contributed by atoms with Gasteiger partial charge in [-0.15, -0.1) is 22.7 Å². The molecule has 7 nitrogen and oxygen atoms in total. The van der Waals surface area contributed by atoms with E-state index in [1.54, 1.807) is 22.5 Å². The van der Waals surface area contributed by atoms with E-state index in [1.165, 1.54) is 17.5 Å². The molecule has 1 aromatic carbocycles. The third-order valence-electron chi connectivity index (χ3n) is 6.37. The number of amides is 2. The zero-order chi connectivity index (χ0) is 25.1. The van der Waals surface area contributed by atoms with E-state index >= 15 is 0 Å². The number of nitrogens with zero attached hydrogens (tertiary/aromatic N) is 2. The normalized spacial score (nSPS) is 17.8. The van der Waals surface area contributed by atoms with Crippen LogP contribution in [0.4, 0.5) is 11.4 Å². The Morgan fingerprint density at radius 2 is 1.80 bits per heavy atom. The summed E-state index contributed by atoms with van der Waals surface area (Å²) in [6.07, 6.45) is 5.25. The van der Waals surface area contributed by atoms with Crippen molar-refractivity contribution in [3.63, 3.8) is 0 Å². The molecule has 1 saturated carbocycles. The lowest BCUT2D eigenvalue weighted by molar-refractivity contribution is -0.123. The van der Waals surface area contributed by atoms with Crippen molar-refractivity contribution in [1.29, 1.82) is 0 Å². The van der Waals surface area contributed by atoms with E-state index in [9.17, 15) is 19.5 Å². The molecule has 9 heteroatoms. The first kappa shape index (κ1) is 25.1. The molecule has 3 aromatic rings. The highest BCUT2D eigenvalue weighted by molar-refractivity contribution is 7.18. The van der Waals surface area contributed by atoms with Gasteiger partial charge in [0.25, 0.3) is 5.91 Å². The number of hydrogen-bond donors (Lipinski definition) is 2. The minimum Gasteiger partial charge on any atom is -0.477 e. The minimum absolute atomic E-state index is 0.0138. The van der Waals surface area contributed by atoms with Gasteiger partial charge in [0.2, 0.25) is 5.91 Å². The van der Waals surface area contributed by atoms with Gasteiger partial charge >= 0.3 is 5.97 Å². The third kappa shape index (κ3) is 5.62. The molecule has 2 N–H and O–H groups in total. The highest BCUT2D eigenvalue weighted by atomic mass is 32.1. The Morgan fingerprint density at radius 1 is 1.11 bits per heavy atom. The molecule has 0 radical (unpaired) electrons. The number of carbonyl (C=O) groups is 3. The van der Waals surface area contributed by atoms with E-state index in [-0.39, 0.29) is 28.7 Å². The molecular weight excluding hydrogens is 482 g/mol. The van der Waals surface area contributed by atoms with Gasteiger partial charge in [-0.2, -0.15) is 0 Å². The number of aromatic carboxylic acids is 1. The smallest absolute Gasteiger partial charge is 0.348 e. The molecule has 0 aliphatic heterocycles. The molecule has 0 bridgehead atoms. The molecule has 0 unspecified atom stereocenters. The van der Waals surface area contributed by atoms with Crippen molar-refractivity contribution >= 4 is 51.8 Å². The van der Waals surface area contributed by atoms with Crippen molar-refractivity contribution in [3.8, 4) is 10.4 Å². The van der Waals surface area contributed by atoms with Crippen LogP contribution in [0, 0.1) is 11.8 Å². The molecule has 0 spiro atoms. The van der Waals surface area contributed by atoms with Crippen LogP contribution in [0.15, 0.2) is 42.0 Å². The van der Waals surface area contributed by atoms with E-state index in [4.69, 9.17) is 0 Å². The summed E-state index contributed by atoms with van der Waals surface area (Å²) in [7, 11) is 0. The van der Waals surface area contributed by atoms with Gasteiger partial charge in [-0.05, 0) is 69.2 Å². The number of anilines is 2. The van der Waals surface area contributed by atoms with Crippen molar-refractivity contribution in [2.45, 2.75) is 52.5 Å². The van der Waals surface area contributed by atoms with Crippen LogP contribution in [-0.4, -0.2) is 33.9 Å². The Balaban J connectivity index is 1.59. The van der Waals surface area contributed by atoms with Gasteiger partial charge in [0, 0.05) is 22.5 Å². The van der Waals surface area contributed by atoms with Crippen LogP contribution in [0.3, 0.4) is 0 Å². The number of thiazole rings is 1.